The second kappa shape index (κ2) is 11.9. The van der Waals surface area contributed by atoms with Crippen molar-refractivity contribution in [1.29, 1.82) is 0 Å². The molecule has 0 aliphatic rings. The Labute approximate surface area is 212 Å². The van der Waals surface area contributed by atoms with Gasteiger partial charge in [0.1, 0.15) is 0 Å². The average Bonchev–Trinajstić information content (AvgIpc) is 3.39. The van der Waals surface area contributed by atoms with Crippen LogP contribution in [-0.2, 0) is 32.0 Å². The highest BCUT2D eigenvalue weighted by Crippen LogP contribution is 2.36. The van der Waals surface area contributed by atoms with Crippen LogP contribution < -0.4 is 0 Å². The minimum atomic E-state index is 0.618. The van der Waals surface area contributed by atoms with Gasteiger partial charge in [-0.05, 0) is 38.1 Å². The molecular formula is C30H36N2O4. The van der Waals surface area contributed by atoms with E-state index in [-0.39, 0.29) is 0 Å². The van der Waals surface area contributed by atoms with E-state index in [1.165, 1.54) is 43.6 Å². The number of aromatic nitrogens is 2. The molecule has 0 radical (unpaired) electrons. The molecule has 190 valence electrons. The third-order valence-corrected chi connectivity index (χ3v) is 6.74. The fourth-order valence-corrected chi connectivity index (χ4v) is 5.11. The minimum absolute atomic E-state index is 0.618. The molecule has 0 unspecified atom stereocenters. The maximum Gasteiger partial charge on any atom is 0.0701 e. The van der Waals surface area contributed by atoms with Crippen molar-refractivity contribution < 1.29 is 18.9 Å². The highest BCUT2D eigenvalue weighted by molar-refractivity contribution is 6.18. The highest BCUT2D eigenvalue weighted by Gasteiger charge is 2.16. The molecule has 6 heteroatoms. The van der Waals surface area contributed by atoms with Crippen LogP contribution >= 0.6 is 0 Å². The molecule has 0 spiro atoms. The van der Waals surface area contributed by atoms with E-state index in [1.54, 1.807) is 0 Å². The molecule has 36 heavy (non-hydrogen) atoms. The summed E-state index contributed by atoms with van der Waals surface area (Å²) in [4.78, 5) is 0. The summed E-state index contributed by atoms with van der Waals surface area (Å²) in [6.07, 6.45) is 0. The fourth-order valence-electron chi connectivity index (χ4n) is 5.11. The lowest BCUT2D eigenvalue weighted by molar-refractivity contribution is 0.0502. The summed E-state index contributed by atoms with van der Waals surface area (Å²) in [6.45, 7) is 10.8. The molecule has 0 atom stereocenters. The van der Waals surface area contributed by atoms with Crippen LogP contribution in [0.4, 0.5) is 0 Å². The van der Waals surface area contributed by atoms with Gasteiger partial charge in [0.15, 0.2) is 0 Å². The molecule has 0 aliphatic heterocycles. The van der Waals surface area contributed by atoms with Gasteiger partial charge < -0.3 is 28.1 Å². The zero-order chi connectivity index (χ0) is 24.7. The van der Waals surface area contributed by atoms with Crippen LogP contribution in [0.2, 0.25) is 0 Å². The van der Waals surface area contributed by atoms with Crippen molar-refractivity contribution in [2.24, 2.45) is 0 Å². The summed E-state index contributed by atoms with van der Waals surface area (Å²) in [5.74, 6) is 0. The van der Waals surface area contributed by atoms with E-state index < -0.39 is 0 Å². The van der Waals surface area contributed by atoms with Gasteiger partial charge in [0.25, 0.3) is 0 Å². The lowest BCUT2D eigenvalue weighted by Gasteiger charge is -2.11. The van der Waals surface area contributed by atoms with Gasteiger partial charge in [0.2, 0.25) is 0 Å². The summed E-state index contributed by atoms with van der Waals surface area (Å²) in [7, 11) is 0. The molecule has 0 amide bonds. The van der Waals surface area contributed by atoms with Gasteiger partial charge in [0.05, 0.1) is 50.7 Å². The first-order valence-corrected chi connectivity index (χ1v) is 13.1. The third kappa shape index (κ3) is 5.00. The smallest absolute Gasteiger partial charge is 0.0701 e. The Balaban J connectivity index is 1.52. The summed E-state index contributed by atoms with van der Waals surface area (Å²) < 4.78 is 27.4. The van der Waals surface area contributed by atoms with E-state index in [0.717, 1.165) is 26.3 Å². The highest BCUT2D eigenvalue weighted by atomic mass is 16.5. The number of rotatable bonds is 14. The Morgan fingerprint density at radius 2 is 0.917 bits per heavy atom. The predicted molar refractivity (Wildman–Crippen MR) is 147 cm³/mol. The zero-order valence-electron chi connectivity index (χ0n) is 21.4. The van der Waals surface area contributed by atoms with Gasteiger partial charge in [-0.2, -0.15) is 0 Å². The molecule has 0 aliphatic carbocycles. The molecule has 0 saturated carbocycles. The first-order valence-electron chi connectivity index (χ1n) is 13.1. The van der Waals surface area contributed by atoms with Gasteiger partial charge in [-0.3, -0.25) is 0 Å². The Bertz CT molecular complexity index is 1330. The number of hydrogen-bond acceptors (Lipinski definition) is 4. The standard InChI is InChI=1S/C30H36N2O4/c1-3-33-17-19-35-15-13-31-27-11-7-5-9-23(27)25-21-26-24-10-6-8-12-28(24)32(30(26)22-29(25)31)14-16-36-20-18-34-4-2/h5-12,21-22H,3-4,13-20H2,1-2H3. The Morgan fingerprint density at radius 1 is 0.472 bits per heavy atom. The molecule has 0 bridgehead atoms. The van der Waals surface area contributed by atoms with Crippen molar-refractivity contribution in [3.63, 3.8) is 0 Å². The van der Waals surface area contributed by atoms with E-state index in [1.807, 2.05) is 13.8 Å². The zero-order valence-corrected chi connectivity index (χ0v) is 21.4. The molecule has 0 fully saturated rings. The van der Waals surface area contributed by atoms with Gasteiger partial charge >= 0.3 is 0 Å². The van der Waals surface area contributed by atoms with Crippen LogP contribution in [0.25, 0.3) is 43.6 Å². The number of fused-ring (bicyclic) bond motifs is 6. The molecule has 6 nitrogen and oxygen atoms in total. The van der Waals surface area contributed by atoms with Gasteiger partial charge in [-0.1, -0.05) is 36.4 Å². The topological polar surface area (TPSA) is 46.8 Å². The molecule has 3 aromatic carbocycles. The Kier molecular flexibility index (Phi) is 8.18. The molecule has 2 heterocycles. The van der Waals surface area contributed by atoms with Crippen LogP contribution in [0.15, 0.2) is 60.7 Å². The number of nitrogens with zero attached hydrogens (tertiary/aromatic N) is 2. The average molecular weight is 489 g/mol. The van der Waals surface area contributed by atoms with Gasteiger partial charge in [-0.15, -0.1) is 0 Å². The summed E-state index contributed by atoms with van der Waals surface area (Å²) in [6, 6.07) is 22.1. The third-order valence-electron chi connectivity index (χ3n) is 6.74. The number of hydrogen-bond donors (Lipinski definition) is 0. The van der Waals surface area contributed by atoms with Crippen molar-refractivity contribution in [1.82, 2.24) is 9.13 Å². The number of benzene rings is 3. The maximum absolute atomic E-state index is 5.88. The first-order chi connectivity index (χ1) is 17.8. The van der Waals surface area contributed by atoms with Crippen molar-refractivity contribution >= 4 is 43.6 Å². The second-order valence-corrected chi connectivity index (χ2v) is 8.84. The predicted octanol–water partition coefficient (Wildman–Crippen LogP) is 6.01. The molecule has 0 saturated heterocycles. The number of ether oxygens (including phenoxy) is 4. The van der Waals surface area contributed by atoms with Gasteiger partial charge in [0, 0.05) is 58.9 Å². The largest absolute Gasteiger partial charge is 0.379 e. The number of para-hydroxylation sites is 2. The van der Waals surface area contributed by atoms with Crippen LogP contribution in [-0.4, -0.2) is 62.0 Å². The lowest BCUT2D eigenvalue weighted by Crippen LogP contribution is -2.10. The minimum Gasteiger partial charge on any atom is -0.379 e. The van der Waals surface area contributed by atoms with E-state index in [2.05, 4.69) is 69.8 Å². The lowest BCUT2D eigenvalue weighted by atomic mass is 10.1. The second-order valence-electron chi connectivity index (χ2n) is 8.84. The normalized spacial score (nSPS) is 12.1. The SMILES string of the molecule is CCOCCOCCn1c2ccccc2c2cc3c4ccccc4n(CCOCCOCC)c3cc21. The first kappa shape index (κ1) is 24.8. The van der Waals surface area contributed by atoms with Crippen molar-refractivity contribution in [2.45, 2.75) is 26.9 Å². The summed E-state index contributed by atoms with van der Waals surface area (Å²) >= 11 is 0. The van der Waals surface area contributed by atoms with Crippen LogP contribution in [0.1, 0.15) is 13.8 Å². The van der Waals surface area contributed by atoms with E-state index >= 15 is 0 Å². The Hall–Kier alpha value is -2.90. The van der Waals surface area contributed by atoms with E-state index in [9.17, 15) is 0 Å². The van der Waals surface area contributed by atoms with Crippen LogP contribution in [0.3, 0.4) is 0 Å². The molecular weight excluding hydrogens is 452 g/mol. The van der Waals surface area contributed by atoms with Crippen molar-refractivity contribution in [3.05, 3.63) is 60.7 Å². The summed E-state index contributed by atoms with van der Waals surface area (Å²) in [5.41, 5.74) is 4.95. The van der Waals surface area contributed by atoms with Gasteiger partial charge in [-0.25, -0.2) is 0 Å². The van der Waals surface area contributed by atoms with Crippen LogP contribution in [0, 0.1) is 0 Å². The fraction of sp³-hybridized carbons (Fsp3) is 0.400. The Morgan fingerprint density at radius 3 is 1.39 bits per heavy atom. The maximum atomic E-state index is 5.88. The molecule has 5 rings (SSSR count). The molecule has 2 aromatic heterocycles. The van der Waals surface area contributed by atoms with E-state index in [4.69, 9.17) is 18.9 Å². The van der Waals surface area contributed by atoms with Crippen LogP contribution in [0.5, 0.6) is 0 Å². The van der Waals surface area contributed by atoms with E-state index in [0.29, 0.717) is 39.6 Å². The van der Waals surface area contributed by atoms with Crippen molar-refractivity contribution in [2.75, 3.05) is 52.9 Å². The summed E-state index contributed by atoms with van der Waals surface area (Å²) in [5, 5.41) is 5.12. The van der Waals surface area contributed by atoms with Crippen molar-refractivity contribution in [3.8, 4) is 0 Å². The molecule has 5 aromatic rings. The monoisotopic (exact) mass is 488 g/mol. The molecule has 0 N–H and O–H groups in total. The quantitative estimate of drug-likeness (QED) is 0.180.